The minimum absolute atomic E-state index is 0.0247. The standard InChI is InChI=1S/C18H18ClN7O/c19-18-25-16(15-17(26-18)24-10-23-15)21-8-6-14(27)20-7-5-11-9-22-13-4-2-1-3-12(11)13/h1-4,9-10,22H,5-8H2,(H,20,27)(H2,21,23,24,25,26). The van der Waals surface area contributed by atoms with Crippen LogP contribution in [0.4, 0.5) is 5.82 Å². The average Bonchev–Trinajstić information content (AvgIpc) is 3.29. The Hall–Kier alpha value is -3.13. The number of anilines is 1. The van der Waals surface area contributed by atoms with Crippen LogP contribution in [0.5, 0.6) is 0 Å². The molecule has 0 fully saturated rings. The van der Waals surface area contributed by atoms with E-state index in [1.807, 2.05) is 24.4 Å². The van der Waals surface area contributed by atoms with Gasteiger partial charge in [-0.3, -0.25) is 4.79 Å². The van der Waals surface area contributed by atoms with E-state index >= 15 is 0 Å². The van der Waals surface area contributed by atoms with Crippen molar-refractivity contribution in [1.29, 1.82) is 0 Å². The number of fused-ring (bicyclic) bond motifs is 2. The first kappa shape index (κ1) is 17.3. The van der Waals surface area contributed by atoms with Crippen LogP contribution in [-0.2, 0) is 11.2 Å². The Kier molecular flexibility index (Phi) is 4.88. The molecule has 0 bridgehead atoms. The van der Waals surface area contributed by atoms with Crippen LogP contribution >= 0.6 is 11.6 Å². The van der Waals surface area contributed by atoms with Crippen LogP contribution in [0.1, 0.15) is 12.0 Å². The molecule has 0 saturated carbocycles. The number of hydrogen-bond acceptors (Lipinski definition) is 5. The number of halogens is 1. The van der Waals surface area contributed by atoms with E-state index in [0.717, 1.165) is 11.9 Å². The molecule has 4 rings (SSSR count). The fraction of sp³-hybridized carbons (Fsp3) is 0.222. The van der Waals surface area contributed by atoms with Crippen LogP contribution in [0.2, 0.25) is 5.28 Å². The smallest absolute Gasteiger partial charge is 0.226 e. The lowest BCUT2D eigenvalue weighted by Gasteiger charge is -2.07. The van der Waals surface area contributed by atoms with Crippen LogP contribution in [0.3, 0.4) is 0 Å². The zero-order valence-corrected chi connectivity index (χ0v) is 15.2. The summed E-state index contributed by atoms with van der Waals surface area (Å²) in [7, 11) is 0. The first-order valence-electron chi connectivity index (χ1n) is 8.63. The van der Waals surface area contributed by atoms with E-state index in [9.17, 15) is 4.79 Å². The van der Waals surface area contributed by atoms with Gasteiger partial charge in [0.25, 0.3) is 0 Å². The molecule has 0 unspecified atom stereocenters. The molecule has 138 valence electrons. The van der Waals surface area contributed by atoms with E-state index < -0.39 is 0 Å². The Morgan fingerprint density at radius 2 is 2.04 bits per heavy atom. The van der Waals surface area contributed by atoms with Gasteiger partial charge in [-0.15, -0.1) is 0 Å². The fourth-order valence-electron chi connectivity index (χ4n) is 2.99. The lowest BCUT2D eigenvalue weighted by atomic mass is 10.1. The maximum atomic E-state index is 12.1. The summed E-state index contributed by atoms with van der Waals surface area (Å²) >= 11 is 5.88. The van der Waals surface area contributed by atoms with Crippen molar-refractivity contribution in [2.45, 2.75) is 12.8 Å². The summed E-state index contributed by atoms with van der Waals surface area (Å²) in [5.74, 6) is 0.512. The first-order valence-corrected chi connectivity index (χ1v) is 9.00. The molecule has 0 radical (unpaired) electrons. The molecule has 0 atom stereocenters. The summed E-state index contributed by atoms with van der Waals surface area (Å²) in [6.45, 7) is 1.02. The normalized spacial score (nSPS) is 11.1. The molecule has 4 aromatic rings. The number of H-pyrrole nitrogens is 2. The number of para-hydroxylation sites is 1. The topological polar surface area (TPSA) is 111 Å². The molecule has 0 saturated heterocycles. The highest BCUT2D eigenvalue weighted by molar-refractivity contribution is 6.28. The molecule has 8 nitrogen and oxygen atoms in total. The van der Waals surface area contributed by atoms with E-state index in [2.05, 4.69) is 41.6 Å². The van der Waals surface area contributed by atoms with Crippen LogP contribution in [0.15, 0.2) is 36.8 Å². The molecule has 0 aliphatic carbocycles. The number of imidazole rings is 1. The number of nitrogens with zero attached hydrogens (tertiary/aromatic N) is 3. The molecular weight excluding hydrogens is 366 g/mol. The second kappa shape index (κ2) is 7.63. The molecule has 1 aromatic carbocycles. The lowest BCUT2D eigenvalue weighted by molar-refractivity contribution is -0.120. The van der Waals surface area contributed by atoms with Crippen LogP contribution in [0, 0.1) is 0 Å². The van der Waals surface area contributed by atoms with Gasteiger partial charge in [-0.2, -0.15) is 9.97 Å². The van der Waals surface area contributed by atoms with Crippen molar-refractivity contribution in [2.24, 2.45) is 0 Å². The molecule has 3 aromatic heterocycles. The molecule has 9 heteroatoms. The number of hydrogen-bond donors (Lipinski definition) is 4. The second-order valence-corrected chi connectivity index (χ2v) is 6.42. The Morgan fingerprint density at radius 1 is 1.15 bits per heavy atom. The van der Waals surface area contributed by atoms with E-state index in [1.54, 1.807) is 0 Å². The van der Waals surface area contributed by atoms with Crippen molar-refractivity contribution in [1.82, 2.24) is 30.2 Å². The summed E-state index contributed by atoms with van der Waals surface area (Å²) in [6, 6.07) is 8.13. The predicted molar refractivity (Wildman–Crippen MR) is 105 cm³/mol. The van der Waals surface area contributed by atoms with Crippen molar-refractivity contribution < 1.29 is 4.79 Å². The van der Waals surface area contributed by atoms with Crippen molar-refractivity contribution in [3.63, 3.8) is 0 Å². The zero-order chi connectivity index (χ0) is 18.6. The van der Waals surface area contributed by atoms with Crippen LogP contribution in [0.25, 0.3) is 22.1 Å². The summed E-state index contributed by atoms with van der Waals surface area (Å²) < 4.78 is 0. The number of aromatic amines is 2. The van der Waals surface area contributed by atoms with Crippen molar-refractivity contribution >= 4 is 45.4 Å². The number of nitrogens with one attached hydrogen (secondary N) is 4. The average molecular weight is 384 g/mol. The zero-order valence-electron chi connectivity index (χ0n) is 14.4. The third-order valence-electron chi connectivity index (χ3n) is 4.29. The van der Waals surface area contributed by atoms with Gasteiger partial charge in [0.2, 0.25) is 11.2 Å². The lowest BCUT2D eigenvalue weighted by Crippen LogP contribution is -2.27. The molecule has 3 heterocycles. The summed E-state index contributed by atoms with van der Waals surface area (Å²) in [5.41, 5.74) is 3.46. The number of carbonyl (C=O) groups excluding carboxylic acids is 1. The predicted octanol–water partition coefficient (Wildman–Crippen LogP) is 2.65. The number of rotatable bonds is 7. The van der Waals surface area contributed by atoms with Gasteiger partial charge >= 0.3 is 0 Å². The minimum Gasteiger partial charge on any atom is -0.368 e. The molecule has 27 heavy (non-hydrogen) atoms. The molecule has 0 spiro atoms. The van der Waals surface area contributed by atoms with Gasteiger partial charge in [0.1, 0.15) is 5.52 Å². The highest BCUT2D eigenvalue weighted by Gasteiger charge is 2.09. The van der Waals surface area contributed by atoms with Gasteiger partial charge in [-0.1, -0.05) is 18.2 Å². The fourth-order valence-corrected chi connectivity index (χ4v) is 3.16. The molecule has 0 aliphatic heterocycles. The Labute approximate surface area is 159 Å². The number of amides is 1. The molecule has 1 amide bonds. The molecule has 0 aliphatic rings. The maximum Gasteiger partial charge on any atom is 0.226 e. The van der Waals surface area contributed by atoms with Crippen molar-refractivity contribution in [3.05, 3.63) is 47.6 Å². The number of carbonyl (C=O) groups is 1. The van der Waals surface area contributed by atoms with Crippen molar-refractivity contribution in [3.8, 4) is 0 Å². The van der Waals surface area contributed by atoms with E-state index in [0.29, 0.717) is 36.5 Å². The highest BCUT2D eigenvalue weighted by Crippen LogP contribution is 2.19. The van der Waals surface area contributed by atoms with Crippen LogP contribution in [-0.4, -0.2) is 43.9 Å². The monoisotopic (exact) mass is 383 g/mol. The number of aromatic nitrogens is 5. The largest absolute Gasteiger partial charge is 0.368 e. The van der Waals surface area contributed by atoms with E-state index in [1.165, 1.54) is 17.3 Å². The first-order chi connectivity index (χ1) is 13.2. The van der Waals surface area contributed by atoms with Gasteiger partial charge in [0.15, 0.2) is 11.5 Å². The van der Waals surface area contributed by atoms with Gasteiger partial charge in [-0.25, -0.2) is 4.98 Å². The summed E-state index contributed by atoms with van der Waals surface area (Å²) in [4.78, 5) is 30.5. The van der Waals surface area contributed by atoms with E-state index in [-0.39, 0.29) is 11.2 Å². The summed E-state index contributed by atoms with van der Waals surface area (Å²) in [6.07, 6.45) is 4.62. The quantitative estimate of drug-likeness (QED) is 0.366. The van der Waals surface area contributed by atoms with Gasteiger partial charge in [0, 0.05) is 36.6 Å². The Morgan fingerprint density at radius 3 is 2.96 bits per heavy atom. The summed E-state index contributed by atoms with van der Waals surface area (Å²) in [5, 5.41) is 7.35. The minimum atomic E-state index is -0.0247. The number of benzene rings is 1. The maximum absolute atomic E-state index is 12.1. The molecular formula is C18H18ClN7O. The second-order valence-electron chi connectivity index (χ2n) is 6.08. The van der Waals surface area contributed by atoms with E-state index in [4.69, 9.17) is 11.6 Å². The highest BCUT2D eigenvalue weighted by atomic mass is 35.5. The van der Waals surface area contributed by atoms with Crippen LogP contribution < -0.4 is 10.6 Å². The van der Waals surface area contributed by atoms with Gasteiger partial charge < -0.3 is 20.6 Å². The molecule has 4 N–H and O–H groups in total. The SMILES string of the molecule is O=C(CCNc1nc(Cl)nc2nc[nH]c12)NCCc1c[nH]c2ccccc12. The van der Waals surface area contributed by atoms with Gasteiger partial charge in [0.05, 0.1) is 6.33 Å². The van der Waals surface area contributed by atoms with Crippen molar-refractivity contribution in [2.75, 3.05) is 18.4 Å². The third kappa shape index (κ3) is 3.85. The van der Waals surface area contributed by atoms with Gasteiger partial charge in [-0.05, 0) is 29.7 Å². The third-order valence-corrected chi connectivity index (χ3v) is 4.46. The Bertz CT molecular complexity index is 1090. The Balaban J connectivity index is 1.26.